The van der Waals surface area contributed by atoms with Gasteiger partial charge in [-0.25, -0.2) is 0 Å². The van der Waals surface area contributed by atoms with E-state index in [0.29, 0.717) is 15.8 Å². The number of rotatable bonds is 2. The Kier molecular flexibility index (Phi) is 2.84. The fourth-order valence-electron chi connectivity index (χ4n) is 0.784. The number of halogens is 2. The van der Waals surface area contributed by atoms with Crippen LogP contribution in [0.2, 0.25) is 0 Å². The third kappa shape index (κ3) is 1.51. The summed E-state index contributed by atoms with van der Waals surface area (Å²) >= 11 is 6.26. The monoisotopic (exact) mass is 297 g/mol. The first-order chi connectivity index (χ1) is 5.57. The van der Waals surface area contributed by atoms with Gasteiger partial charge >= 0.3 is 5.82 Å². The van der Waals surface area contributed by atoms with E-state index in [0.717, 1.165) is 0 Å². The lowest BCUT2D eigenvalue weighted by atomic mass is 10.5. The van der Waals surface area contributed by atoms with Crippen LogP contribution in [0.4, 0.5) is 5.82 Å². The standard InChI is InChI=1S/C5H5Br2N3O2/c1-9-3(2-6)4(10(11)12)8-5(9)7/h2H2,1H3. The summed E-state index contributed by atoms with van der Waals surface area (Å²) in [7, 11) is 1.71. The molecule has 0 amide bonds. The Hall–Kier alpha value is -0.430. The Labute approximate surface area is 85.2 Å². The highest BCUT2D eigenvalue weighted by Crippen LogP contribution is 2.23. The second-order valence-corrected chi connectivity index (χ2v) is 3.37. The first-order valence-electron chi connectivity index (χ1n) is 2.99. The highest BCUT2D eigenvalue weighted by Gasteiger charge is 2.22. The lowest BCUT2D eigenvalue weighted by molar-refractivity contribution is -0.390. The molecule has 12 heavy (non-hydrogen) atoms. The average Bonchev–Trinajstić information content (AvgIpc) is 2.29. The van der Waals surface area contributed by atoms with Crippen LogP contribution in [0.5, 0.6) is 0 Å². The van der Waals surface area contributed by atoms with Gasteiger partial charge in [-0.15, -0.1) is 0 Å². The molecule has 0 aliphatic carbocycles. The largest absolute Gasteiger partial charge is 0.387 e. The van der Waals surface area contributed by atoms with Crippen molar-refractivity contribution in [2.75, 3.05) is 0 Å². The molecule has 0 spiro atoms. The van der Waals surface area contributed by atoms with Gasteiger partial charge in [0.05, 0.1) is 5.33 Å². The lowest BCUT2D eigenvalue weighted by Crippen LogP contribution is -1.96. The first-order valence-corrected chi connectivity index (χ1v) is 4.90. The molecule has 0 unspecified atom stereocenters. The zero-order chi connectivity index (χ0) is 9.30. The van der Waals surface area contributed by atoms with E-state index in [4.69, 9.17) is 0 Å². The zero-order valence-electron chi connectivity index (χ0n) is 6.12. The predicted octanol–water partition coefficient (Wildman–Crippen LogP) is 1.99. The summed E-state index contributed by atoms with van der Waals surface area (Å²) in [6.45, 7) is 0. The van der Waals surface area contributed by atoms with Gasteiger partial charge in [0.2, 0.25) is 0 Å². The van der Waals surface area contributed by atoms with Gasteiger partial charge in [0.1, 0.15) is 5.69 Å². The molecule has 0 saturated carbocycles. The summed E-state index contributed by atoms with van der Waals surface area (Å²) in [5, 5.41) is 10.8. The first kappa shape index (κ1) is 9.66. The maximum atomic E-state index is 10.4. The minimum atomic E-state index is -0.499. The normalized spacial score (nSPS) is 10.2. The number of hydrogen-bond donors (Lipinski definition) is 0. The Morgan fingerprint density at radius 2 is 2.33 bits per heavy atom. The van der Waals surface area contributed by atoms with Crippen LogP contribution in [0, 0.1) is 10.1 Å². The minimum Gasteiger partial charge on any atom is -0.358 e. The summed E-state index contributed by atoms with van der Waals surface area (Å²) in [5.74, 6) is -0.110. The third-order valence-corrected chi connectivity index (χ3v) is 2.68. The van der Waals surface area contributed by atoms with Gasteiger partial charge in [-0.05, 0) is 9.91 Å². The summed E-state index contributed by atoms with van der Waals surface area (Å²) in [4.78, 5) is 13.7. The molecule has 66 valence electrons. The molecular weight excluding hydrogens is 294 g/mol. The summed E-state index contributed by atoms with van der Waals surface area (Å²) in [5.41, 5.74) is 0.548. The number of hydrogen-bond acceptors (Lipinski definition) is 3. The van der Waals surface area contributed by atoms with Gasteiger partial charge in [0.25, 0.3) is 4.73 Å². The van der Waals surface area contributed by atoms with Crippen molar-refractivity contribution in [2.24, 2.45) is 7.05 Å². The van der Waals surface area contributed by atoms with E-state index in [2.05, 4.69) is 36.8 Å². The molecule has 1 aromatic heterocycles. The topological polar surface area (TPSA) is 61.0 Å². The molecule has 1 heterocycles. The molecule has 0 aromatic carbocycles. The summed E-state index contributed by atoms with van der Waals surface area (Å²) < 4.78 is 2.08. The number of nitro groups is 1. The molecule has 0 radical (unpaired) electrons. The average molecular weight is 299 g/mol. The van der Waals surface area contributed by atoms with E-state index in [1.165, 1.54) is 0 Å². The van der Waals surface area contributed by atoms with Crippen molar-refractivity contribution in [3.05, 3.63) is 20.5 Å². The number of imidazole rings is 1. The molecule has 0 aliphatic rings. The zero-order valence-corrected chi connectivity index (χ0v) is 9.29. The van der Waals surface area contributed by atoms with E-state index < -0.39 is 4.92 Å². The molecule has 1 aromatic rings. The van der Waals surface area contributed by atoms with Crippen LogP contribution in [0.25, 0.3) is 0 Å². The van der Waals surface area contributed by atoms with Crippen molar-refractivity contribution in [2.45, 2.75) is 5.33 Å². The van der Waals surface area contributed by atoms with Crippen molar-refractivity contribution in [3.63, 3.8) is 0 Å². The maximum absolute atomic E-state index is 10.4. The predicted molar refractivity (Wildman–Crippen MR) is 50.2 cm³/mol. The number of alkyl halides is 1. The Balaban J connectivity index is 3.29. The molecule has 1 rings (SSSR count). The molecule has 7 heteroatoms. The highest BCUT2D eigenvalue weighted by atomic mass is 79.9. The van der Waals surface area contributed by atoms with Crippen molar-refractivity contribution in [3.8, 4) is 0 Å². The number of nitrogens with zero attached hydrogens (tertiary/aromatic N) is 3. The van der Waals surface area contributed by atoms with Crippen molar-refractivity contribution >= 4 is 37.7 Å². The van der Waals surface area contributed by atoms with Crippen LogP contribution in [0.1, 0.15) is 5.69 Å². The van der Waals surface area contributed by atoms with E-state index >= 15 is 0 Å². The van der Waals surface area contributed by atoms with E-state index in [9.17, 15) is 10.1 Å². The van der Waals surface area contributed by atoms with Crippen molar-refractivity contribution in [1.29, 1.82) is 0 Å². The van der Waals surface area contributed by atoms with E-state index in [-0.39, 0.29) is 5.82 Å². The van der Waals surface area contributed by atoms with Crippen LogP contribution < -0.4 is 0 Å². The molecule has 0 aliphatic heterocycles. The Morgan fingerprint density at radius 1 is 1.75 bits per heavy atom. The quantitative estimate of drug-likeness (QED) is 0.476. The van der Waals surface area contributed by atoms with Crippen molar-refractivity contribution in [1.82, 2.24) is 9.55 Å². The lowest BCUT2D eigenvalue weighted by Gasteiger charge is -1.95. The van der Waals surface area contributed by atoms with Crippen LogP contribution in [0.3, 0.4) is 0 Å². The van der Waals surface area contributed by atoms with Gasteiger partial charge in [0, 0.05) is 23.0 Å². The maximum Gasteiger partial charge on any atom is 0.387 e. The van der Waals surface area contributed by atoms with E-state index in [1.54, 1.807) is 11.6 Å². The second-order valence-electron chi connectivity index (χ2n) is 2.10. The fourth-order valence-corrected chi connectivity index (χ4v) is 1.79. The second kappa shape index (κ2) is 3.53. The summed E-state index contributed by atoms with van der Waals surface area (Å²) in [6, 6.07) is 0. The Morgan fingerprint density at radius 3 is 2.67 bits per heavy atom. The molecule has 5 nitrogen and oxygen atoms in total. The molecule has 0 fully saturated rings. The van der Waals surface area contributed by atoms with Crippen LogP contribution in [-0.4, -0.2) is 14.5 Å². The molecule has 0 N–H and O–H groups in total. The van der Waals surface area contributed by atoms with E-state index in [1.807, 2.05) is 0 Å². The van der Waals surface area contributed by atoms with Gasteiger partial charge in [-0.3, -0.25) is 4.57 Å². The van der Waals surface area contributed by atoms with Crippen molar-refractivity contribution < 1.29 is 4.92 Å². The Bertz CT molecular complexity index is 323. The van der Waals surface area contributed by atoms with Gasteiger partial charge in [-0.2, -0.15) is 0 Å². The summed E-state index contributed by atoms with van der Waals surface area (Å²) in [6.07, 6.45) is 0. The minimum absolute atomic E-state index is 0.110. The smallest absolute Gasteiger partial charge is 0.358 e. The van der Waals surface area contributed by atoms with Crippen LogP contribution >= 0.6 is 31.9 Å². The van der Waals surface area contributed by atoms with Gasteiger partial charge < -0.3 is 10.1 Å². The third-order valence-electron chi connectivity index (χ3n) is 1.44. The fraction of sp³-hybridized carbons (Fsp3) is 0.400. The SMILES string of the molecule is Cn1c(Br)nc([N+](=O)[O-])c1CBr. The molecule has 0 bridgehead atoms. The molecular formula is C5H5Br2N3O2. The van der Waals surface area contributed by atoms with Crippen LogP contribution in [0.15, 0.2) is 4.73 Å². The molecule has 0 atom stereocenters. The number of aromatic nitrogens is 2. The highest BCUT2D eigenvalue weighted by molar-refractivity contribution is 9.10. The van der Waals surface area contributed by atoms with Gasteiger partial charge in [0.15, 0.2) is 0 Å². The van der Waals surface area contributed by atoms with Gasteiger partial charge in [-0.1, -0.05) is 15.9 Å². The van der Waals surface area contributed by atoms with Crippen LogP contribution in [-0.2, 0) is 12.4 Å². The molecule has 0 saturated heterocycles.